The first kappa shape index (κ1) is 18.4. The van der Waals surface area contributed by atoms with E-state index in [1.807, 2.05) is 0 Å². The van der Waals surface area contributed by atoms with Gasteiger partial charge in [0.2, 0.25) is 0 Å². The van der Waals surface area contributed by atoms with Gasteiger partial charge in [-0.1, -0.05) is 6.08 Å². The number of ketones is 1. The van der Waals surface area contributed by atoms with Crippen LogP contribution in [0.3, 0.4) is 0 Å². The van der Waals surface area contributed by atoms with E-state index in [-0.39, 0.29) is 24.9 Å². The van der Waals surface area contributed by atoms with E-state index in [4.69, 9.17) is 9.47 Å². The summed E-state index contributed by atoms with van der Waals surface area (Å²) in [5, 5.41) is 0. The van der Waals surface area contributed by atoms with Gasteiger partial charge in [-0.15, -0.1) is 6.58 Å². The van der Waals surface area contributed by atoms with Gasteiger partial charge in [0, 0.05) is 18.3 Å². The van der Waals surface area contributed by atoms with E-state index < -0.39 is 23.3 Å². The van der Waals surface area contributed by atoms with Crippen LogP contribution in [0.2, 0.25) is 0 Å². The van der Waals surface area contributed by atoms with Crippen molar-refractivity contribution in [3.8, 4) is 0 Å². The summed E-state index contributed by atoms with van der Waals surface area (Å²) in [5.74, 6) is -1.65. The predicted molar refractivity (Wildman–Crippen MR) is 82.0 cm³/mol. The predicted octanol–water partition coefficient (Wildman–Crippen LogP) is 2.68. The molecular weight excluding hydrogens is 284 g/mol. The van der Waals surface area contributed by atoms with Crippen LogP contribution >= 0.6 is 0 Å². The molecule has 5 heteroatoms. The smallest absolute Gasteiger partial charge is 0.323 e. The summed E-state index contributed by atoms with van der Waals surface area (Å²) in [6, 6.07) is 0. The molecule has 22 heavy (non-hydrogen) atoms. The van der Waals surface area contributed by atoms with Crippen molar-refractivity contribution in [2.24, 2.45) is 17.3 Å². The molecule has 0 amide bonds. The van der Waals surface area contributed by atoms with Crippen molar-refractivity contribution < 1.29 is 23.9 Å². The van der Waals surface area contributed by atoms with Crippen LogP contribution in [0.15, 0.2) is 12.7 Å². The molecule has 0 spiro atoms. The Morgan fingerprint density at radius 3 is 2.23 bits per heavy atom. The summed E-state index contributed by atoms with van der Waals surface area (Å²) in [6.45, 7) is 9.01. The van der Waals surface area contributed by atoms with Crippen LogP contribution in [0.5, 0.6) is 0 Å². The lowest BCUT2D eigenvalue weighted by Crippen LogP contribution is -2.45. The fourth-order valence-corrected chi connectivity index (χ4v) is 2.96. The van der Waals surface area contributed by atoms with Gasteiger partial charge >= 0.3 is 11.9 Å². The van der Waals surface area contributed by atoms with Crippen molar-refractivity contribution in [1.82, 2.24) is 0 Å². The first-order valence-corrected chi connectivity index (χ1v) is 7.91. The minimum absolute atomic E-state index is 0.119. The number of Topliss-reactive ketones (excluding diaryl/α,β-unsaturated/α-hetero) is 1. The number of carbonyl (C=O) groups excluding carboxylic acids is 3. The van der Waals surface area contributed by atoms with Crippen LogP contribution in [-0.2, 0) is 23.9 Å². The number of hydrogen-bond acceptors (Lipinski definition) is 5. The second-order valence-corrected chi connectivity index (χ2v) is 5.78. The number of hydrogen-bond donors (Lipinski definition) is 0. The molecule has 0 heterocycles. The molecule has 5 nitrogen and oxygen atoms in total. The molecule has 124 valence electrons. The maximum absolute atomic E-state index is 12.4. The molecule has 1 rings (SSSR count). The Kier molecular flexibility index (Phi) is 6.78. The van der Waals surface area contributed by atoms with Crippen molar-refractivity contribution in [2.75, 3.05) is 13.2 Å². The number of rotatable bonds is 8. The summed E-state index contributed by atoms with van der Waals surface area (Å²) < 4.78 is 10.2. The normalized spacial score (nSPS) is 19.6. The van der Waals surface area contributed by atoms with E-state index in [1.165, 1.54) is 6.92 Å². The Morgan fingerprint density at radius 1 is 1.32 bits per heavy atom. The second kappa shape index (κ2) is 8.11. The molecule has 0 N–H and O–H groups in total. The summed E-state index contributed by atoms with van der Waals surface area (Å²) in [7, 11) is 0. The Balaban J connectivity index is 3.04. The molecule has 1 aliphatic rings. The zero-order valence-electron chi connectivity index (χ0n) is 13.7. The minimum Gasteiger partial charge on any atom is -0.465 e. The van der Waals surface area contributed by atoms with E-state index >= 15 is 0 Å². The van der Waals surface area contributed by atoms with Gasteiger partial charge in [0.05, 0.1) is 13.2 Å². The average molecular weight is 310 g/mol. The van der Waals surface area contributed by atoms with Crippen molar-refractivity contribution in [1.29, 1.82) is 0 Å². The quantitative estimate of drug-likeness (QED) is 0.391. The SMILES string of the molecule is C=CC(CC1CCCC1=O)C(C)(C(=O)OCC)C(=O)OCC. The maximum Gasteiger partial charge on any atom is 0.323 e. The highest BCUT2D eigenvalue weighted by molar-refractivity contribution is 6.00. The number of esters is 2. The largest absolute Gasteiger partial charge is 0.465 e. The number of carbonyl (C=O) groups is 3. The summed E-state index contributed by atoms with van der Waals surface area (Å²) in [5.41, 5.74) is -1.46. The maximum atomic E-state index is 12.4. The molecule has 0 aromatic rings. The Hall–Kier alpha value is -1.65. The standard InChI is InChI=1S/C17H26O5/c1-5-13(11-12-9-8-10-14(12)18)17(4,15(19)21-6-2)16(20)22-7-3/h5,12-13H,1,6-11H2,2-4H3. The summed E-state index contributed by atoms with van der Waals surface area (Å²) in [4.78, 5) is 36.6. The van der Waals surface area contributed by atoms with Crippen molar-refractivity contribution in [3.05, 3.63) is 12.7 Å². The Labute approximate surface area is 132 Å². The average Bonchev–Trinajstić information content (AvgIpc) is 2.89. The molecule has 1 fully saturated rings. The lowest BCUT2D eigenvalue weighted by atomic mass is 9.72. The van der Waals surface area contributed by atoms with Crippen LogP contribution in [0, 0.1) is 17.3 Å². The topological polar surface area (TPSA) is 69.7 Å². The molecule has 0 radical (unpaired) electrons. The molecule has 0 saturated heterocycles. The van der Waals surface area contributed by atoms with Gasteiger partial charge in [-0.25, -0.2) is 0 Å². The molecule has 2 unspecified atom stereocenters. The molecule has 1 saturated carbocycles. The zero-order valence-corrected chi connectivity index (χ0v) is 13.7. The van der Waals surface area contributed by atoms with Gasteiger partial charge in [-0.3, -0.25) is 14.4 Å². The highest BCUT2D eigenvalue weighted by atomic mass is 16.6. The van der Waals surface area contributed by atoms with Gasteiger partial charge in [0.25, 0.3) is 0 Å². The zero-order chi connectivity index (χ0) is 16.8. The third-order valence-corrected chi connectivity index (χ3v) is 4.39. The van der Waals surface area contributed by atoms with Gasteiger partial charge in [0.1, 0.15) is 5.78 Å². The van der Waals surface area contributed by atoms with Crippen molar-refractivity contribution >= 4 is 17.7 Å². The van der Waals surface area contributed by atoms with Crippen molar-refractivity contribution in [2.45, 2.75) is 46.5 Å². The van der Waals surface area contributed by atoms with E-state index in [9.17, 15) is 14.4 Å². The van der Waals surface area contributed by atoms with Crippen LogP contribution in [-0.4, -0.2) is 30.9 Å². The van der Waals surface area contributed by atoms with E-state index in [2.05, 4.69) is 6.58 Å². The lowest BCUT2D eigenvalue weighted by molar-refractivity contribution is -0.174. The first-order valence-electron chi connectivity index (χ1n) is 7.91. The second-order valence-electron chi connectivity index (χ2n) is 5.78. The first-order chi connectivity index (χ1) is 10.4. The highest BCUT2D eigenvalue weighted by Gasteiger charge is 2.50. The van der Waals surface area contributed by atoms with Crippen molar-refractivity contribution in [3.63, 3.8) is 0 Å². The van der Waals surface area contributed by atoms with Crippen LogP contribution in [0.25, 0.3) is 0 Å². The number of allylic oxidation sites excluding steroid dienone is 1. The Bertz CT molecular complexity index is 422. The molecule has 0 aliphatic heterocycles. The van der Waals surface area contributed by atoms with Crippen LogP contribution < -0.4 is 0 Å². The van der Waals surface area contributed by atoms with E-state index in [0.29, 0.717) is 12.8 Å². The molecule has 2 atom stereocenters. The van der Waals surface area contributed by atoms with Crippen LogP contribution in [0.4, 0.5) is 0 Å². The molecule has 0 aromatic carbocycles. The van der Waals surface area contributed by atoms with Gasteiger partial charge in [-0.2, -0.15) is 0 Å². The highest BCUT2D eigenvalue weighted by Crippen LogP contribution is 2.39. The lowest BCUT2D eigenvalue weighted by Gasteiger charge is -2.32. The summed E-state index contributed by atoms with van der Waals surface area (Å²) in [6.07, 6.45) is 4.23. The van der Waals surface area contributed by atoms with E-state index in [0.717, 1.165) is 12.8 Å². The molecule has 1 aliphatic carbocycles. The number of ether oxygens (including phenoxy) is 2. The van der Waals surface area contributed by atoms with Gasteiger partial charge < -0.3 is 9.47 Å². The molecular formula is C17H26O5. The summed E-state index contributed by atoms with van der Waals surface area (Å²) >= 11 is 0. The third kappa shape index (κ3) is 3.76. The minimum atomic E-state index is -1.46. The molecule has 0 bridgehead atoms. The molecule has 0 aromatic heterocycles. The van der Waals surface area contributed by atoms with E-state index in [1.54, 1.807) is 19.9 Å². The third-order valence-electron chi connectivity index (χ3n) is 4.39. The fourth-order valence-electron chi connectivity index (χ4n) is 2.96. The monoisotopic (exact) mass is 310 g/mol. The van der Waals surface area contributed by atoms with Gasteiger partial charge in [-0.05, 0) is 40.0 Å². The fraction of sp³-hybridized carbons (Fsp3) is 0.706. The van der Waals surface area contributed by atoms with Crippen LogP contribution in [0.1, 0.15) is 46.5 Å². The van der Waals surface area contributed by atoms with Gasteiger partial charge in [0.15, 0.2) is 5.41 Å². The Morgan fingerprint density at radius 2 is 1.86 bits per heavy atom.